The van der Waals surface area contributed by atoms with E-state index >= 15 is 0 Å². The Morgan fingerprint density at radius 2 is 2.09 bits per heavy atom. The second-order valence-electron chi connectivity index (χ2n) is 5.67. The lowest BCUT2D eigenvalue weighted by Gasteiger charge is -2.21. The van der Waals surface area contributed by atoms with Crippen LogP contribution in [0.2, 0.25) is 0 Å². The van der Waals surface area contributed by atoms with Gasteiger partial charge in [-0.15, -0.1) is 0 Å². The molecule has 1 aliphatic rings. The summed E-state index contributed by atoms with van der Waals surface area (Å²) >= 11 is 0. The average molecular weight is 294 g/mol. The van der Waals surface area contributed by atoms with E-state index in [9.17, 15) is 0 Å². The van der Waals surface area contributed by atoms with Gasteiger partial charge in [-0.3, -0.25) is 0 Å². The van der Waals surface area contributed by atoms with Crippen LogP contribution in [0.3, 0.4) is 0 Å². The van der Waals surface area contributed by atoms with Gasteiger partial charge in [0.1, 0.15) is 12.0 Å². The number of oxazole rings is 1. The van der Waals surface area contributed by atoms with Crippen molar-refractivity contribution in [1.29, 1.82) is 0 Å². The number of rotatable bonds is 4. The van der Waals surface area contributed by atoms with Gasteiger partial charge in [0.05, 0.1) is 6.20 Å². The van der Waals surface area contributed by atoms with Crippen molar-refractivity contribution in [3.63, 3.8) is 0 Å². The van der Waals surface area contributed by atoms with E-state index in [4.69, 9.17) is 9.15 Å². The molecule has 112 valence electrons. The van der Waals surface area contributed by atoms with E-state index in [2.05, 4.69) is 34.6 Å². The van der Waals surface area contributed by atoms with Crippen LogP contribution in [0.25, 0.3) is 10.8 Å². The van der Waals surface area contributed by atoms with Gasteiger partial charge < -0.3 is 14.5 Å². The smallest absolute Gasteiger partial charge is 0.235 e. The fourth-order valence-electron chi connectivity index (χ4n) is 3.05. The van der Waals surface area contributed by atoms with Crippen molar-refractivity contribution >= 4 is 10.8 Å². The highest BCUT2D eigenvalue weighted by molar-refractivity contribution is 5.83. The van der Waals surface area contributed by atoms with Gasteiger partial charge in [-0.25, -0.2) is 4.98 Å². The predicted octanol–water partition coefficient (Wildman–Crippen LogP) is 3.56. The predicted molar refractivity (Wildman–Crippen MR) is 84.8 cm³/mol. The van der Waals surface area contributed by atoms with Gasteiger partial charge in [0.15, 0.2) is 6.10 Å². The number of hydrogen-bond donors (Lipinski definition) is 1. The molecule has 3 aromatic rings. The topological polar surface area (TPSA) is 47.3 Å². The molecule has 1 aliphatic heterocycles. The van der Waals surface area contributed by atoms with Crippen LogP contribution >= 0.6 is 0 Å². The van der Waals surface area contributed by atoms with Crippen molar-refractivity contribution in [1.82, 2.24) is 10.3 Å². The van der Waals surface area contributed by atoms with E-state index in [1.54, 1.807) is 12.5 Å². The van der Waals surface area contributed by atoms with Crippen LogP contribution in [-0.2, 0) is 0 Å². The molecule has 0 saturated carbocycles. The molecule has 4 nitrogen and oxygen atoms in total. The molecule has 22 heavy (non-hydrogen) atoms. The Hall–Kier alpha value is -2.33. The van der Waals surface area contributed by atoms with Crippen molar-refractivity contribution in [3.8, 4) is 5.75 Å². The summed E-state index contributed by atoms with van der Waals surface area (Å²) in [6, 6.07) is 14.5. The van der Waals surface area contributed by atoms with Crippen molar-refractivity contribution in [3.05, 3.63) is 60.8 Å². The summed E-state index contributed by atoms with van der Waals surface area (Å²) in [4.78, 5) is 4.30. The van der Waals surface area contributed by atoms with Crippen molar-refractivity contribution < 1.29 is 9.15 Å². The van der Waals surface area contributed by atoms with Gasteiger partial charge in [0.2, 0.25) is 5.89 Å². The SMILES string of the molecule is c1ccc2cc(O[C@H](c3ncco3)C3CCNC3)ccc2c1. The lowest BCUT2D eigenvalue weighted by atomic mass is 10.0. The number of hydrogen-bond acceptors (Lipinski definition) is 4. The third-order valence-corrected chi connectivity index (χ3v) is 4.21. The van der Waals surface area contributed by atoms with Gasteiger partial charge in [-0.2, -0.15) is 0 Å². The molecule has 0 spiro atoms. The van der Waals surface area contributed by atoms with Gasteiger partial charge in [0.25, 0.3) is 0 Å². The molecule has 1 fully saturated rings. The maximum absolute atomic E-state index is 6.25. The summed E-state index contributed by atoms with van der Waals surface area (Å²) < 4.78 is 11.8. The van der Waals surface area contributed by atoms with Crippen molar-refractivity contribution in [2.45, 2.75) is 12.5 Å². The number of fused-ring (bicyclic) bond motifs is 1. The van der Waals surface area contributed by atoms with E-state index < -0.39 is 0 Å². The van der Waals surface area contributed by atoms with Crippen molar-refractivity contribution in [2.24, 2.45) is 5.92 Å². The molecular formula is C18H18N2O2. The second-order valence-corrected chi connectivity index (χ2v) is 5.67. The van der Waals surface area contributed by atoms with E-state index in [1.165, 1.54) is 10.8 Å². The molecule has 2 heterocycles. The van der Waals surface area contributed by atoms with Gasteiger partial charge in [-0.05, 0) is 35.9 Å². The lowest BCUT2D eigenvalue weighted by molar-refractivity contribution is 0.114. The highest BCUT2D eigenvalue weighted by Crippen LogP contribution is 2.32. The van der Waals surface area contributed by atoms with Crippen LogP contribution in [0.5, 0.6) is 5.75 Å². The van der Waals surface area contributed by atoms with E-state index in [0.29, 0.717) is 11.8 Å². The number of nitrogens with zero attached hydrogens (tertiary/aromatic N) is 1. The Balaban J connectivity index is 1.64. The summed E-state index contributed by atoms with van der Waals surface area (Å²) in [5.41, 5.74) is 0. The Morgan fingerprint density at radius 3 is 2.86 bits per heavy atom. The molecule has 1 aromatic heterocycles. The molecule has 2 aromatic carbocycles. The highest BCUT2D eigenvalue weighted by Gasteiger charge is 2.31. The molecule has 0 aliphatic carbocycles. The minimum atomic E-state index is -0.147. The Morgan fingerprint density at radius 1 is 1.18 bits per heavy atom. The molecule has 1 N–H and O–H groups in total. The van der Waals surface area contributed by atoms with E-state index in [1.807, 2.05) is 18.2 Å². The molecule has 0 radical (unpaired) electrons. The quantitative estimate of drug-likeness (QED) is 0.799. The molecule has 4 heteroatoms. The lowest BCUT2D eigenvalue weighted by Crippen LogP contribution is -2.21. The first kappa shape index (κ1) is 13.3. The molecule has 4 rings (SSSR count). The number of aromatic nitrogens is 1. The molecule has 0 amide bonds. The third-order valence-electron chi connectivity index (χ3n) is 4.21. The van der Waals surface area contributed by atoms with Crippen molar-refractivity contribution in [2.75, 3.05) is 13.1 Å². The molecule has 0 bridgehead atoms. The average Bonchev–Trinajstić information content (AvgIpc) is 3.26. The van der Waals surface area contributed by atoms with E-state index in [0.717, 1.165) is 25.3 Å². The first-order valence-electron chi connectivity index (χ1n) is 7.66. The number of benzene rings is 2. The summed E-state index contributed by atoms with van der Waals surface area (Å²) in [6.07, 6.45) is 4.20. The molecular weight excluding hydrogens is 276 g/mol. The monoisotopic (exact) mass is 294 g/mol. The highest BCUT2D eigenvalue weighted by atomic mass is 16.5. The van der Waals surface area contributed by atoms with Crippen LogP contribution in [0.4, 0.5) is 0 Å². The maximum atomic E-state index is 6.25. The van der Waals surface area contributed by atoms with Gasteiger partial charge in [-0.1, -0.05) is 30.3 Å². The normalized spacial score (nSPS) is 19.4. The first-order chi connectivity index (χ1) is 10.9. The fraction of sp³-hybridized carbons (Fsp3) is 0.278. The summed E-state index contributed by atoms with van der Waals surface area (Å²) in [5.74, 6) is 1.89. The molecule has 1 unspecified atom stereocenters. The van der Waals surface area contributed by atoms with Crippen LogP contribution in [0.15, 0.2) is 59.3 Å². The van der Waals surface area contributed by atoms with Crippen LogP contribution in [-0.4, -0.2) is 18.1 Å². The van der Waals surface area contributed by atoms with Crippen LogP contribution in [0, 0.1) is 5.92 Å². The Kier molecular flexibility index (Phi) is 3.52. The standard InChI is InChI=1S/C18H18N2O2/c1-2-4-14-11-16(6-5-13(14)3-1)22-17(15-7-8-19-12-15)18-20-9-10-21-18/h1-6,9-11,15,17,19H,7-8,12H2/t15?,17-/m0/s1. The summed E-state index contributed by atoms with van der Waals surface area (Å²) in [5, 5.41) is 5.77. The minimum Gasteiger partial charge on any atom is -0.480 e. The Labute approximate surface area is 129 Å². The second kappa shape index (κ2) is 5.81. The first-order valence-corrected chi connectivity index (χ1v) is 7.66. The van der Waals surface area contributed by atoms with Gasteiger partial charge in [0, 0.05) is 12.5 Å². The minimum absolute atomic E-state index is 0.147. The molecule has 1 saturated heterocycles. The van der Waals surface area contributed by atoms with Gasteiger partial charge >= 0.3 is 0 Å². The fourth-order valence-corrected chi connectivity index (χ4v) is 3.05. The zero-order chi connectivity index (χ0) is 14.8. The molecule has 2 atom stereocenters. The van der Waals surface area contributed by atoms with Crippen LogP contribution in [0.1, 0.15) is 18.4 Å². The Bertz CT molecular complexity index is 749. The summed E-state index contributed by atoms with van der Waals surface area (Å²) in [6.45, 7) is 1.95. The zero-order valence-corrected chi connectivity index (χ0v) is 12.2. The number of ether oxygens (including phenoxy) is 1. The zero-order valence-electron chi connectivity index (χ0n) is 12.2. The van der Waals surface area contributed by atoms with Crippen LogP contribution < -0.4 is 10.1 Å². The van der Waals surface area contributed by atoms with E-state index in [-0.39, 0.29) is 6.10 Å². The maximum Gasteiger partial charge on any atom is 0.235 e. The third kappa shape index (κ3) is 2.57. The summed E-state index contributed by atoms with van der Waals surface area (Å²) in [7, 11) is 0. The largest absolute Gasteiger partial charge is 0.480 e. The number of nitrogens with one attached hydrogen (secondary N) is 1.